The fraction of sp³-hybridized carbons (Fsp3) is 0.462. The Labute approximate surface area is 105 Å². The minimum Gasteiger partial charge on any atom is -0.495 e. The van der Waals surface area contributed by atoms with Crippen LogP contribution in [0.2, 0.25) is 0 Å². The summed E-state index contributed by atoms with van der Waals surface area (Å²) in [4.78, 5) is 0. The molecule has 0 saturated carbocycles. The van der Waals surface area contributed by atoms with Crippen LogP contribution >= 0.6 is 0 Å². The molecule has 1 rings (SSSR count). The van der Waals surface area contributed by atoms with Crippen molar-refractivity contribution in [2.45, 2.75) is 25.5 Å². The summed E-state index contributed by atoms with van der Waals surface area (Å²) in [5.41, 5.74) is 1.43. The molecule has 0 bridgehead atoms. The van der Waals surface area contributed by atoms with Gasteiger partial charge in [0.25, 0.3) is 0 Å². The van der Waals surface area contributed by atoms with Gasteiger partial charge < -0.3 is 4.74 Å². The van der Waals surface area contributed by atoms with E-state index in [1.807, 2.05) is 6.07 Å². The van der Waals surface area contributed by atoms with Crippen molar-refractivity contribution in [3.05, 3.63) is 29.3 Å². The first-order chi connectivity index (χ1) is 8.21. The van der Waals surface area contributed by atoms with Crippen molar-refractivity contribution in [1.29, 1.82) is 5.26 Å². The van der Waals surface area contributed by atoms with Crippen molar-refractivity contribution < 1.29 is 8.95 Å². The summed E-state index contributed by atoms with van der Waals surface area (Å²) >= 11 is 0. The lowest BCUT2D eigenvalue weighted by molar-refractivity contribution is 0.413. The molecule has 1 unspecified atom stereocenters. The molecule has 1 atom stereocenters. The molecule has 0 aromatic heterocycles. The van der Waals surface area contributed by atoms with Crippen LogP contribution in [0.1, 0.15) is 30.9 Å². The number of unbranched alkanes of at least 4 members (excludes halogenated alkanes) is 1. The molecule has 0 aliphatic carbocycles. The topological polar surface area (TPSA) is 50.1 Å². The van der Waals surface area contributed by atoms with E-state index in [9.17, 15) is 4.21 Å². The highest BCUT2D eigenvalue weighted by molar-refractivity contribution is 7.84. The molecule has 0 fully saturated rings. The second-order valence-corrected chi connectivity index (χ2v) is 5.36. The van der Waals surface area contributed by atoms with E-state index < -0.39 is 10.8 Å². The summed E-state index contributed by atoms with van der Waals surface area (Å²) < 4.78 is 16.8. The third kappa shape index (κ3) is 4.20. The summed E-state index contributed by atoms with van der Waals surface area (Å²) in [5.74, 6) is 1.80. The molecule has 0 spiro atoms. The minimum absolute atomic E-state index is 0.498. The second kappa shape index (κ2) is 7.08. The number of methoxy groups -OCH3 is 1. The fourth-order valence-electron chi connectivity index (χ4n) is 1.50. The van der Waals surface area contributed by atoms with E-state index in [0.717, 1.165) is 24.2 Å². The van der Waals surface area contributed by atoms with Gasteiger partial charge in [0, 0.05) is 22.3 Å². The first-order valence-electron chi connectivity index (χ1n) is 5.63. The molecule has 0 heterocycles. The number of benzene rings is 1. The smallest absolute Gasteiger partial charge is 0.136 e. The van der Waals surface area contributed by atoms with E-state index in [0.29, 0.717) is 17.1 Å². The van der Waals surface area contributed by atoms with Crippen LogP contribution in [0.3, 0.4) is 0 Å². The van der Waals surface area contributed by atoms with Gasteiger partial charge in [0.2, 0.25) is 0 Å². The van der Waals surface area contributed by atoms with Gasteiger partial charge in [-0.25, -0.2) is 0 Å². The Balaban J connectivity index is 2.73. The predicted octanol–water partition coefficient (Wildman–Crippen LogP) is 2.62. The summed E-state index contributed by atoms with van der Waals surface area (Å²) in [6.07, 6.45) is 2.03. The van der Waals surface area contributed by atoms with Crippen LogP contribution < -0.4 is 4.74 Å². The molecule has 3 nitrogen and oxygen atoms in total. The van der Waals surface area contributed by atoms with E-state index >= 15 is 0 Å². The molecule has 0 radical (unpaired) electrons. The molecule has 4 heteroatoms. The monoisotopic (exact) mass is 251 g/mol. The van der Waals surface area contributed by atoms with Crippen LogP contribution in [0, 0.1) is 11.3 Å². The summed E-state index contributed by atoms with van der Waals surface area (Å²) in [5, 5.41) is 8.94. The Bertz CT molecular complexity index is 438. The molecule has 17 heavy (non-hydrogen) atoms. The zero-order chi connectivity index (χ0) is 12.7. The third-order valence-corrected chi connectivity index (χ3v) is 3.84. The van der Waals surface area contributed by atoms with E-state index in [1.54, 1.807) is 12.1 Å². The van der Waals surface area contributed by atoms with Gasteiger partial charge in [0.15, 0.2) is 0 Å². The van der Waals surface area contributed by atoms with Gasteiger partial charge in [0.05, 0.1) is 12.7 Å². The molecule has 92 valence electrons. The lowest BCUT2D eigenvalue weighted by atomic mass is 10.1. The van der Waals surface area contributed by atoms with Gasteiger partial charge in [0.1, 0.15) is 11.8 Å². The maximum Gasteiger partial charge on any atom is 0.136 e. The van der Waals surface area contributed by atoms with E-state index in [-0.39, 0.29) is 0 Å². The van der Waals surface area contributed by atoms with Crippen LogP contribution in [-0.4, -0.2) is 17.1 Å². The van der Waals surface area contributed by atoms with Crippen LogP contribution in [0.5, 0.6) is 5.75 Å². The Morgan fingerprint density at radius 2 is 2.24 bits per heavy atom. The SMILES string of the molecule is CCCCS(=O)Cc1ccc(OC)c(C#N)c1. The first-order valence-corrected chi connectivity index (χ1v) is 7.12. The summed E-state index contributed by atoms with van der Waals surface area (Å²) in [6, 6.07) is 7.45. The van der Waals surface area contributed by atoms with E-state index in [4.69, 9.17) is 10.00 Å². The van der Waals surface area contributed by atoms with Gasteiger partial charge in [-0.2, -0.15) is 5.26 Å². The number of ether oxygens (including phenoxy) is 1. The van der Waals surface area contributed by atoms with Gasteiger partial charge in [-0.05, 0) is 24.1 Å². The predicted molar refractivity (Wildman–Crippen MR) is 69.3 cm³/mol. The number of hydrogen-bond acceptors (Lipinski definition) is 3. The van der Waals surface area contributed by atoms with Crippen molar-refractivity contribution in [2.24, 2.45) is 0 Å². The highest BCUT2D eigenvalue weighted by Gasteiger charge is 2.06. The van der Waals surface area contributed by atoms with Crippen molar-refractivity contribution in [2.75, 3.05) is 12.9 Å². The quantitative estimate of drug-likeness (QED) is 0.781. The van der Waals surface area contributed by atoms with E-state index in [2.05, 4.69) is 13.0 Å². The van der Waals surface area contributed by atoms with Crippen molar-refractivity contribution in [3.8, 4) is 11.8 Å². The van der Waals surface area contributed by atoms with Gasteiger partial charge in [-0.15, -0.1) is 0 Å². The molecule has 0 aliphatic rings. The molecule has 0 amide bonds. The van der Waals surface area contributed by atoms with Gasteiger partial charge >= 0.3 is 0 Å². The van der Waals surface area contributed by atoms with Gasteiger partial charge in [-0.1, -0.05) is 19.4 Å². The zero-order valence-electron chi connectivity index (χ0n) is 10.2. The highest BCUT2D eigenvalue weighted by Crippen LogP contribution is 2.19. The second-order valence-electron chi connectivity index (χ2n) is 3.79. The Hall–Kier alpha value is -1.34. The Morgan fingerprint density at radius 1 is 1.47 bits per heavy atom. The summed E-state index contributed by atoms with van der Waals surface area (Å²) in [7, 11) is 0.697. The molecular formula is C13H17NO2S. The Kier molecular flexibility index (Phi) is 5.71. The van der Waals surface area contributed by atoms with Crippen LogP contribution in [0.4, 0.5) is 0 Å². The highest BCUT2D eigenvalue weighted by atomic mass is 32.2. The number of hydrogen-bond donors (Lipinski definition) is 0. The Morgan fingerprint density at radius 3 is 2.82 bits per heavy atom. The number of rotatable bonds is 6. The van der Waals surface area contributed by atoms with E-state index in [1.165, 1.54) is 7.11 Å². The molecule has 0 N–H and O–H groups in total. The lowest BCUT2D eigenvalue weighted by Gasteiger charge is -2.06. The number of nitrogens with zero attached hydrogens (tertiary/aromatic N) is 1. The van der Waals surface area contributed by atoms with Crippen molar-refractivity contribution in [1.82, 2.24) is 0 Å². The summed E-state index contributed by atoms with van der Waals surface area (Å²) in [6.45, 7) is 2.08. The lowest BCUT2D eigenvalue weighted by Crippen LogP contribution is -2.01. The molecule has 0 saturated heterocycles. The minimum atomic E-state index is -0.840. The maximum absolute atomic E-state index is 11.7. The van der Waals surface area contributed by atoms with Crippen LogP contribution in [-0.2, 0) is 16.6 Å². The third-order valence-electron chi connectivity index (χ3n) is 2.44. The largest absolute Gasteiger partial charge is 0.495 e. The molecular weight excluding hydrogens is 234 g/mol. The molecule has 1 aromatic rings. The molecule has 0 aliphatic heterocycles. The van der Waals surface area contributed by atoms with Crippen molar-refractivity contribution >= 4 is 10.8 Å². The normalized spacial score (nSPS) is 11.8. The van der Waals surface area contributed by atoms with Crippen molar-refractivity contribution in [3.63, 3.8) is 0 Å². The van der Waals surface area contributed by atoms with Gasteiger partial charge in [-0.3, -0.25) is 4.21 Å². The average Bonchev–Trinajstić information content (AvgIpc) is 2.36. The first kappa shape index (κ1) is 13.7. The standard InChI is InChI=1S/C13H17NO2S/c1-3-4-7-17(15)10-11-5-6-13(16-2)12(8-11)9-14/h5-6,8H,3-4,7,10H2,1-2H3. The molecule has 1 aromatic carbocycles. The maximum atomic E-state index is 11.7. The van der Waals surface area contributed by atoms with Crippen LogP contribution in [0.25, 0.3) is 0 Å². The van der Waals surface area contributed by atoms with Crippen LogP contribution in [0.15, 0.2) is 18.2 Å². The number of nitriles is 1. The fourth-order valence-corrected chi connectivity index (χ4v) is 2.80. The average molecular weight is 251 g/mol. The zero-order valence-corrected chi connectivity index (χ0v) is 11.0.